The Hall–Kier alpha value is -5.83. The summed E-state index contributed by atoms with van der Waals surface area (Å²) < 4.78 is 72.2. The number of benzene rings is 1. The Morgan fingerprint density at radius 2 is 1.84 bits per heavy atom. The van der Waals surface area contributed by atoms with E-state index in [2.05, 4.69) is 30.7 Å². The molecule has 3 aliphatic heterocycles. The first kappa shape index (κ1) is 42.5. The first-order valence-electron chi connectivity index (χ1n) is 21.5. The first-order valence-corrected chi connectivity index (χ1v) is 21.5. The molecule has 4 aliphatic rings. The molecule has 1 saturated carbocycles. The lowest BCUT2D eigenvalue weighted by Crippen LogP contribution is -2.58. The van der Waals surface area contributed by atoms with Crippen LogP contribution < -0.4 is 26.1 Å². The summed E-state index contributed by atoms with van der Waals surface area (Å²) in [4.78, 5) is 61.6. The first-order chi connectivity index (χ1) is 30.3. The summed E-state index contributed by atoms with van der Waals surface area (Å²) in [7, 11) is 3.27. The number of carbonyl (C=O) groups excluding carboxylic acids is 3. The molecule has 4 fully saturated rings. The van der Waals surface area contributed by atoms with E-state index in [9.17, 15) is 28.0 Å². The molecule has 2 unspecified atom stereocenters. The number of carbonyl (C=O) groups is 3. The monoisotopic (exact) mass is 878 g/mol. The average molecular weight is 879 g/mol. The number of hydrogen-bond acceptors (Lipinski definition) is 11. The molecule has 1 aromatic carbocycles. The molecule has 7 heterocycles. The van der Waals surface area contributed by atoms with Crippen LogP contribution in [-0.4, -0.2) is 121 Å². The highest BCUT2D eigenvalue weighted by molar-refractivity contribution is 6.08. The molecule has 2 atom stereocenters. The minimum absolute atomic E-state index is 0.0874. The van der Waals surface area contributed by atoms with Crippen molar-refractivity contribution < 1.29 is 36.7 Å². The van der Waals surface area contributed by atoms with Crippen molar-refractivity contribution in [2.24, 2.45) is 13.0 Å². The van der Waals surface area contributed by atoms with Gasteiger partial charge in [0.25, 0.3) is 18.3 Å². The van der Waals surface area contributed by atoms with Gasteiger partial charge < -0.3 is 19.9 Å². The summed E-state index contributed by atoms with van der Waals surface area (Å²) >= 11 is 0. The zero-order valence-corrected chi connectivity index (χ0v) is 35.1. The van der Waals surface area contributed by atoms with E-state index in [1.165, 1.54) is 30.7 Å². The number of alkyl halides is 4. The number of fused-ring (bicyclic) bond motifs is 2. The number of para-hydroxylation sites is 1. The molecule has 0 bridgehead atoms. The van der Waals surface area contributed by atoms with Gasteiger partial charge in [0.05, 0.1) is 53.8 Å². The van der Waals surface area contributed by atoms with Crippen LogP contribution in [0.15, 0.2) is 47.7 Å². The predicted molar refractivity (Wildman–Crippen MR) is 224 cm³/mol. The van der Waals surface area contributed by atoms with Crippen molar-refractivity contribution in [1.29, 1.82) is 0 Å². The van der Waals surface area contributed by atoms with Gasteiger partial charge in [-0.25, -0.2) is 31.9 Å². The Balaban J connectivity index is 0.827. The van der Waals surface area contributed by atoms with E-state index in [0.717, 1.165) is 13.0 Å². The maximum absolute atomic E-state index is 16.2. The summed E-state index contributed by atoms with van der Waals surface area (Å²) in [5, 5.41) is 13.4. The highest BCUT2D eigenvalue weighted by atomic mass is 19.3. The second kappa shape index (κ2) is 17.0. The van der Waals surface area contributed by atoms with Gasteiger partial charge in [-0.3, -0.25) is 38.4 Å². The van der Waals surface area contributed by atoms with Gasteiger partial charge in [-0.15, -0.1) is 0 Å². The molecule has 3 saturated heterocycles. The van der Waals surface area contributed by atoms with E-state index < -0.39 is 60.1 Å². The van der Waals surface area contributed by atoms with Gasteiger partial charge in [0, 0.05) is 58.6 Å². The smallest absolute Gasteiger partial charge is 0.329 e. The summed E-state index contributed by atoms with van der Waals surface area (Å²) in [6, 6.07) is 4.73. The molecule has 17 nitrogen and oxygen atoms in total. The number of anilines is 3. The number of halogens is 4. The van der Waals surface area contributed by atoms with Crippen molar-refractivity contribution in [2.75, 3.05) is 68.1 Å². The summed E-state index contributed by atoms with van der Waals surface area (Å²) in [6.45, 7) is 2.75. The van der Waals surface area contributed by atoms with Crippen LogP contribution in [0.2, 0.25) is 0 Å². The number of imidazole rings is 1. The number of ether oxygens (including phenoxy) is 1. The maximum Gasteiger partial charge on any atom is 0.329 e. The van der Waals surface area contributed by atoms with Crippen LogP contribution in [0.1, 0.15) is 85.9 Å². The molecule has 21 heteroatoms. The molecule has 9 rings (SSSR count). The van der Waals surface area contributed by atoms with Gasteiger partial charge >= 0.3 is 5.69 Å². The van der Waals surface area contributed by atoms with E-state index in [1.54, 1.807) is 54.4 Å². The molecule has 4 aromatic heterocycles. The lowest BCUT2D eigenvalue weighted by molar-refractivity contribution is -0.135. The fraction of sp³-hybridized carbons (Fsp3) is 0.548. The molecular formula is C42H50F4N12O5. The summed E-state index contributed by atoms with van der Waals surface area (Å²) in [5.41, 5.74) is 0.647. The standard InChI is InChI=1S/C42H50F4N12O5/c1-52(32-13-16-55(24-42(32,45)46)29-5-3-6-30-36(29)53(2)41(62)58(30)31-11-12-34(59)50-40(31)61)22-25-7-9-26(10-8-25)57-23-28(35(51-57)37(43)44)48-39(60)27-21-47-56-17-14-33(49-38(27)56)54-15-4-19-63-20-18-54/h3,5-6,14,17,21,23,25-26,31-32,37H,4,7-13,15-16,18-20,22,24H2,1-2H3,(H,48,60)(H,50,59,61). The SMILES string of the molecule is CN(CC1CCC(n2cc(NC(=O)c3cnn4ccc(N5CCCOCC5)nc34)c(C(F)F)n2)CC1)C1CCN(c2cccc3c2n(C)c(=O)n3C2CCC(=O)NC2=O)CC1(F)F. The van der Waals surface area contributed by atoms with Gasteiger partial charge in [0.15, 0.2) is 11.3 Å². The van der Waals surface area contributed by atoms with Crippen LogP contribution in [0.5, 0.6) is 0 Å². The van der Waals surface area contributed by atoms with E-state index in [4.69, 9.17) is 4.74 Å². The van der Waals surface area contributed by atoms with Gasteiger partial charge in [-0.2, -0.15) is 10.2 Å². The molecule has 0 spiro atoms. The minimum Gasteiger partial charge on any atom is -0.380 e. The number of rotatable bonds is 10. The van der Waals surface area contributed by atoms with Crippen LogP contribution in [0, 0.1) is 5.92 Å². The largest absolute Gasteiger partial charge is 0.380 e. The number of amides is 3. The zero-order valence-electron chi connectivity index (χ0n) is 35.1. The van der Waals surface area contributed by atoms with E-state index in [-0.39, 0.29) is 48.1 Å². The summed E-state index contributed by atoms with van der Waals surface area (Å²) in [5.74, 6) is -3.97. The van der Waals surface area contributed by atoms with Crippen molar-refractivity contribution >= 4 is 51.6 Å². The quantitative estimate of drug-likeness (QED) is 0.149. The fourth-order valence-electron chi connectivity index (χ4n) is 9.92. The van der Waals surface area contributed by atoms with E-state index in [1.807, 2.05) is 0 Å². The van der Waals surface area contributed by atoms with Crippen LogP contribution in [0.25, 0.3) is 16.7 Å². The third-order valence-corrected chi connectivity index (χ3v) is 13.1. The third kappa shape index (κ3) is 8.15. The van der Waals surface area contributed by atoms with Crippen LogP contribution in [0.4, 0.5) is 34.8 Å². The fourth-order valence-corrected chi connectivity index (χ4v) is 9.92. The Morgan fingerprint density at radius 3 is 2.60 bits per heavy atom. The number of nitrogens with one attached hydrogen (secondary N) is 2. The Kier molecular flexibility index (Phi) is 11.5. The van der Waals surface area contributed by atoms with E-state index in [0.29, 0.717) is 81.1 Å². The van der Waals surface area contributed by atoms with Crippen molar-refractivity contribution in [3.8, 4) is 0 Å². The molecular weight excluding hydrogens is 829 g/mol. The topological polar surface area (TPSA) is 169 Å². The number of hydrogen-bond donors (Lipinski definition) is 2. The minimum atomic E-state index is -3.11. The number of aromatic nitrogens is 7. The molecule has 1 aliphatic carbocycles. The normalized spacial score (nSPS) is 23.5. The molecule has 5 aromatic rings. The third-order valence-electron chi connectivity index (χ3n) is 13.1. The predicted octanol–water partition coefficient (Wildman–Crippen LogP) is 4.55. The van der Waals surface area contributed by atoms with Crippen LogP contribution in [0.3, 0.4) is 0 Å². The second-order valence-electron chi connectivity index (χ2n) is 17.2. The van der Waals surface area contributed by atoms with Gasteiger partial charge in [-0.1, -0.05) is 6.07 Å². The molecule has 0 radical (unpaired) electrons. The maximum atomic E-state index is 16.2. The van der Waals surface area contributed by atoms with Crippen LogP contribution in [-0.2, 0) is 21.4 Å². The van der Waals surface area contributed by atoms with Gasteiger partial charge in [0.2, 0.25) is 11.8 Å². The van der Waals surface area contributed by atoms with Crippen molar-refractivity contribution in [2.45, 2.75) is 81.8 Å². The molecule has 2 N–H and O–H groups in total. The van der Waals surface area contributed by atoms with Crippen LogP contribution >= 0.6 is 0 Å². The Bertz CT molecular complexity index is 2590. The highest BCUT2D eigenvalue weighted by Gasteiger charge is 2.47. The highest BCUT2D eigenvalue weighted by Crippen LogP contribution is 2.39. The number of imide groups is 1. The molecule has 3 amide bonds. The molecule has 336 valence electrons. The average Bonchev–Trinajstić information content (AvgIpc) is 3.87. The number of piperidine rings is 2. The summed E-state index contributed by atoms with van der Waals surface area (Å²) in [6.07, 6.45) is 5.32. The number of nitrogens with zero attached hydrogens (tertiary/aromatic N) is 10. The van der Waals surface area contributed by atoms with Gasteiger partial charge in [-0.05, 0) is 76.1 Å². The van der Waals surface area contributed by atoms with Crippen molar-refractivity contribution in [3.05, 3.63) is 64.6 Å². The Labute approximate surface area is 358 Å². The second-order valence-corrected chi connectivity index (χ2v) is 17.2. The van der Waals surface area contributed by atoms with E-state index >= 15 is 8.78 Å². The molecule has 63 heavy (non-hydrogen) atoms. The van der Waals surface area contributed by atoms with Crippen molar-refractivity contribution in [3.63, 3.8) is 0 Å². The lowest BCUT2D eigenvalue weighted by atomic mass is 9.85. The van der Waals surface area contributed by atoms with Gasteiger partial charge in [0.1, 0.15) is 17.4 Å². The number of aryl methyl sites for hydroxylation is 1. The zero-order chi connectivity index (χ0) is 44.2. The lowest BCUT2D eigenvalue weighted by Gasteiger charge is -2.44. The van der Waals surface area contributed by atoms with Crippen molar-refractivity contribution in [1.82, 2.24) is 43.7 Å². The Morgan fingerprint density at radius 1 is 1.03 bits per heavy atom.